The quantitative estimate of drug-likeness (QED) is 0.612. The number of ether oxygens (including phenoxy) is 2. The molecule has 4 fully saturated rings. The Bertz CT molecular complexity index is 941. The zero-order valence-electron chi connectivity index (χ0n) is 19.4. The van der Waals surface area contributed by atoms with E-state index in [1.807, 2.05) is 13.8 Å². The first kappa shape index (κ1) is 21.4. The van der Waals surface area contributed by atoms with Crippen LogP contribution in [0.4, 0.5) is 0 Å². The van der Waals surface area contributed by atoms with E-state index in [1.54, 1.807) is 25.3 Å². The van der Waals surface area contributed by atoms with Gasteiger partial charge in [0.05, 0.1) is 18.4 Å². The first-order valence-corrected chi connectivity index (χ1v) is 12.0. The van der Waals surface area contributed by atoms with Crippen LogP contribution < -0.4 is 14.8 Å². The van der Waals surface area contributed by atoms with Gasteiger partial charge in [-0.2, -0.15) is 0 Å². The van der Waals surface area contributed by atoms with Gasteiger partial charge in [-0.05, 0) is 100 Å². The normalized spacial score (nSPS) is 28.0. The second kappa shape index (κ2) is 8.45. The molecule has 6 rings (SSSR count). The third-order valence-electron chi connectivity index (χ3n) is 8.08. The second-order valence-corrected chi connectivity index (χ2v) is 10.4. The number of amides is 1. The van der Waals surface area contributed by atoms with Crippen LogP contribution >= 0.6 is 0 Å². The van der Waals surface area contributed by atoms with Crippen LogP contribution in [-0.4, -0.2) is 24.7 Å². The molecule has 1 amide bonds. The molecular weight excluding hydrogens is 404 g/mol. The van der Waals surface area contributed by atoms with Crippen LogP contribution in [0.25, 0.3) is 0 Å². The number of nitrogens with zero attached hydrogens (tertiary/aromatic N) is 1. The highest BCUT2D eigenvalue weighted by molar-refractivity contribution is 5.94. The van der Waals surface area contributed by atoms with Gasteiger partial charge in [-0.15, -0.1) is 0 Å². The fourth-order valence-corrected chi connectivity index (χ4v) is 6.93. The van der Waals surface area contributed by atoms with Gasteiger partial charge >= 0.3 is 0 Å². The molecule has 1 N–H and O–H groups in total. The molecule has 1 aromatic carbocycles. The van der Waals surface area contributed by atoms with E-state index in [1.165, 1.54) is 38.5 Å². The van der Waals surface area contributed by atoms with E-state index in [4.69, 9.17) is 14.0 Å². The van der Waals surface area contributed by atoms with Gasteiger partial charge in [0.2, 0.25) is 0 Å². The maximum absolute atomic E-state index is 12.8. The first-order chi connectivity index (χ1) is 15.4. The molecule has 4 aliphatic carbocycles. The molecule has 0 unspecified atom stereocenters. The molecule has 4 saturated carbocycles. The number of methoxy groups -OCH3 is 1. The Morgan fingerprint density at radius 2 is 1.81 bits per heavy atom. The highest BCUT2D eigenvalue weighted by Gasteiger charge is 2.50. The fraction of sp³-hybridized carbons (Fsp3) is 0.615. The standard InChI is InChI=1S/C26H34N2O4/c1-16-22(17(2)32-28-16)15-31-23-5-4-21(11-24(23)30-3)25(29)27-7-6-26-12-18-8-19(13-26)10-20(9-18)14-26/h4-5,11,18-20H,6-10,12-15H2,1-3H3,(H,27,29). The van der Waals surface area contributed by atoms with E-state index in [2.05, 4.69) is 10.5 Å². The highest BCUT2D eigenvalue weighted by Crippen LogP contribution is 2.61. The van der Waals surface area contributed by atoms with Crippen molar-refractivity contribution in [2.75, 3.05) is 13.7 Å². The van der Waals surface area contributed by atoms with Gasteiger partial charge in [-0.3, -0.25) is 4.79 Å². The lowest BCUT2D eigenvalue weighted by Gasteiger charge is -2.57. The summed E-state index contributed by atoms with van der Waals surface area (Å²) in [6.07, 6.45) is 9.60. The molecule has 32 heavy (non-hydrogen) atoms. The van der Waals surface area contributed by atoms with Gasteiger partial charge in [0.1, 0.15) is 12.4 Å². The largest absolute Gasteiger partial charge is 0.493 e. The summed E-state index contributed by atoms with van der Waals surface area (Å²) in [4.78, 5) is 12.8. The molecule has 4 bridgehead atoms. The lowest BCUT2D eigenvalue weighted by Crippen LogP contribution is -2.47. The molecule has 4 aliphatic rings. The van der Waals surface area contributed by atoms with Crippen molar-refractivity contribution >= 4 is 5.91 Å². The molecule has 6 heteroatoms. The van der Waals surface area contributed by atoms with Gasteiger partial charge in [0, 0.05) is 12.1 Å². The number of benzene rings is 1. The van der Waals surface area contributed by atoms with Gasteiger partial charge in [0.15, 0.2) is 11.5 Å². The first-order valence-electron chi connectivity index (χ1n) is 12.0. The van der Waals surface area contributed by atoms with Crippen molar-refractivity contribution in [1.29, 1.82) is 0 Å². The Morgan fingerprint density at radius 3 is 2.41 bits per heavy atom. The molecule has 0 atom stereocenters. The summed E-state index contributed by atoms with van der Waals surface area (Å²) >= 11 is 0. The predicted octanol–water partition coefficient (Wildman–Crippen LogP) is 5.22. The van der Waals surface area contributed by atoms with Crippen LogP contribution in [0.5, 0.6) is 11.5 Å². The Kier molecular flexibility index (Phi) is 5.64. The average molecular weight is 439 g/mol. The van der Waals surface area contributed by atoms with E-state index in [0.29, 0.717) is 29.1 Å². The summed E-state index contributed by atoms with van der Waals surface area (Å²) in [5.74, 6) is 4.67. The Hall–Kier alpha value is -2.50. The van der Waals surface area contributed by atoms with Crippen LogP contribution in [0.2, 0.25) is 0 Å². The highest BCUT2D eigenvalue weighted by atomic mass is 16.5. The fourth-order valence-electron chi connectivity index (χ4n) is 6.93. The minimum absolute atomic E-state index is 0.0506. The number of carbonyl (C=O) groups excluding carboxylic acids is 1. The van der Waals surface area contributed by atoms with Gasteiger partial charge in [0.25, 0.3) is 5.91 Å². The summed E-state index contributed by atoms with van der Waals surface area (Å²) in [5.41, 5.74) is 2.82. The molecule has 1 heterocycles. The Labute approximate surface area is 190 Å². The lowest BCUT2D eigenvalue weighted by atomic mass is 9.49. The number of aryl methyl sites for hydroxylation is 2. The average Bonchev–Trinajstić information content (AvgIpc) is 3.08. The molecule has 172 valence electrons. The summed E-state index contributed by atoms with van der Waals surface area (Å²) in [6, 6.07) is 5.35. The topological polar surface area (TPSA) is 73.6 Å². The number of carbonyl (C=O) groups is 1. The number of hydrogen-bond donors (Lipinski definition) is 1. The molecule has 0 radical (unpaired) electrons. The van der Waals surface area contributed by atoms with Crippen LogP contribution in [0, 0.1) is 37.0 Å². The van der Waals surface area contributed by atoms with Crippen molar-refractivity contribution in [3.8, 4) is 11.5 Å². The SMILES string of the molecule is COc1cc(C(=O)NCCC23CC4CC(CC(C4)C2)C3)ccc1OCc1c(C)noc1C. The van der Waals surface area contributed by atoms with Gasteiger partial charge < -0.3 is 19.3 Å². The zero-order chi connectivity index (χ0) is 22.3. The van der Waals surface area contributed by atoms with E-state index in [0.717, 1.165) is 47.7 Å². The summed E-state index contributed by atoms with van der Waals surface area (Å²) in [5, 5.41) is 7.11. The van der Waals surface area contributed by atoms with Crippen molar-refractivity contribution < 1.29 is 18.8 Å². The smallest absolute Gasteiger partial charge is 0.251 e. The predicted molar refractivity (Wildman–Crippen MR) is 121 cm³/mol. The Morgan fingerprint density at radius 1 is 1.12 bits per heavy atom. The van der Waals surface area contributed by atoms with Crippen molar-refractivity contribution in [2.24, 2.45) is 23.2 Å². The van der Waals surface area contributed by atoms with Crippen LogP contribution in [-0.2, 0) is 6.61 Å². The molecule has 2 aromatic rings. The minimum atomic E-state index is -0.0506. The van der Waals surface area contributed by atoms with E-state index >= 15 is 0 Å². The van der Waals surface area contributed by atoms with Crippen molar-refractivity contribution in [3.05, 3.63) is 40.8 Å². The maximum Gasteiger partial charge on any atom is 0.251 e. The lowest BCUT2D eigenvalue weighted by molar-refractivity contribution is -0.0564. The molecular formula is C26H34N2O4. The van der Waals surface area contributed by atoms with Crippen molar-refractivity contribution in [3.63, 3.8) is 0 Å². The molecule has 1 aromatic heterocycles. The van der Waals surface area contributed by atoms with E-state index in [9.17, 15) is 4.79 Å². The van der Waals surface area contributed by atoms with Crippen LogP contribution in [0.1, 0.15) is 72.3 Å². The number of aromatic nitrogens is 1. The monoisotopic (exact) mass is 438 g/mol. The minimum Gasteiger partial charge on any atom is -0.493 e. The van der Waals surface area contributed by atoms with Crippen molar-refractivity contribution in [2.45, 2.75) is 65.4 Å². The number of hydrogen-bond acceptors (Lipinski definition) is 5. The van der Waals surface area contributed by atoms with Crippen LogP contribution in [0.15, 0.2) is 22.7 Å². The number of rotatable bonds is 8. The third-order valence-corrected chi connectivity index (χ3v) is 8.08. The Balaban J connectivity index is 1.18. The second-order valence-electron chi connectivity index (χ2n) is 10.4. The summed E-state index contributed by atoms with van der Waals surface area (Å²) < 4.78 is 16.6. The maximum atomic E-state index is 12.8. The van der Waals surface area contributed by atoms with E-state index < -0.39 is 0 Å². The zero-order valence-corrected chi connectivity index (χ0v) is 19.4. The molecule has 0 aliphatic heterocycles. The summed E-state index contributed by atoms with van der Waals surface area (Å²) in [7, 11) is 1.59. The van der Waals surface area contributed by atoms with Gasteiger partial charge in [-0.25, -0.2) is 0 Å². The van der Waals surface area contributed by atoms with Crippen molar-refractivity contribution in [1.82, 2.24) is 10.5 Å². The van der Waals surface area contributed by atoms with Crippen LogP contribution in [0.3, 0.4) is 0 Å². The molecule has 0 saturated heterocycles. The van der Waals surface area contributed by atoms with Gasteiger partial charge in [-0.1, -0.05) is 5.16 Å². The summed E-state index contributed by atoms with van der Waals surface area (Å²) in [6.45, 7) is 4.85. The van der Waals surface area contributed by atoms with E-state index in [-0.39, 0.29) is 5.91 Å². The third kappa shape index (κ3) is 4.12. The molecule has 0 spiro atoms. The molecule has 6 nitrogen and oxygen atoms in total. The number of nitrogens with one attached hydrogen (secondary N) is 1.